The summed E-state index contributed by atoms with van der Waals surface area (Å²) >= 11 is 1.88. The van der Waals surface area contributed by atoms with Crippen LogP contribution in [0.5, 0.6) is 0 Å². The molecule has 27 heavy (non-hydrogen) atoms. The first-order chi connectivity index (χ1) is 13.1. The van der Waals surface area contributed by atoms with Gasteiger partial charge in [0.15, 0.2) is 0 Å². The molecule has 1 atom stereocenters. The van der Waals surface area contributed by atoms with Crippen LogP contribution in [0, 0.1) is 6.92 Å². The molecule has 0 bridgehead atoms. The van der Waals surface area contributed by atoms with Gasteiger partial charge < -0.3 is 14.7 Å². The van der Waals surface area contributed by atoms with Crippen molar-refractivity contribution in [3.63, 3.8) is 0 Å². The Hall–Kier alpha value is -2.14. The topological polar surface area (TPSA) is 26.8 Å². The normalized spacial score (nSPS) is 19.8. The van der Waals surface area contributed by atoms with Crippen molar-refractivity contribution in [2.24, 2.45) is 0 Å². The Kier molecular flexibility index (Phi) is 5.30. The van der Waals surface area contributed by atoms with E-state index in [4.69, 9.17) is 0 Å². The molecule has 4 rings (SSSR count). The second-order valence-electron chi connectivity index (χ2n) is 7.46. The molecule has 1 amide bonds. The predicted molar refractivity (Wildman–Crippen MR) is 114 cm³/mol. The van der Waals surface area contributed by atoms with Crippen LogP contribution in [0.15, 0.2) is 53.4 Å². The molecular weight excluding hydrogens is 354 g/mol. The number of aryl methyl sites for hydroxylation is 1. The number of piperazine rings is 1. The van der Waals surface area contributed by atoms with E-state index in [0.29, 0.717) is 12.6 Å². The van der Waals surface area contributed by atoms with Crippen LogP contribution in [-0.4, -0.2) is 55.3 Å². The molecule has 2 aromatic rings. The lowest BCUT2D eigenvalue weighted by atomic mass is 10.1. The number of para-hydroxylation sites is 1. The Bertz CT molecular complexity index is 825. The number of carbonyl (C=O) groups is 1. The molecule has 2 heterocycles. The quantitative estimate of drug-likeness (QED) is 0.811. The largest absolute Gasteiger partial charge is 0.365 e. The molecule has 0 spiro atoms. The zero-order valence-electron chi connectivity index (χ0n) is 16.1. The number of anilines is 2. The molecule has 0 N–H and O–H groups in total. The molecule has 1 fully saturated rings. The van der Waals surface area contributed by atoms with Gasteiger partial charge in [0.2, 0.25) is 5.91 Å². The first-order valence-electron chi connectivity index (χ1n) is 9.69. The van der Waals surface area contributed by atoms with Crippen LogP contribution < -0.4 is 9.80 Å². The highest BCUT2D eigenvalue weighted by Crippen LogP contribution is 2.34. The van der Waals surface area contributed by atoms with Gasteiger partial charge in [-0.25, -0.2) is 0 Å². The van der Waals surface area contributed by atoms with Gasteiger partial charge in [0, 0.05) is 48.6 Å². The Morgan fingerprint density at radius 3 is 2.78 bits per heavy atom. The van der Waals surface area contributed by atoms with Crippen molar-refractivity contribution >= 4 is 29.0 Å². The van der Waals surface area contributed by atoms with Crippen molar-refractivity contribution in [1.82, 2.24) is 4.90 Å². The Morgan fingerprint density at radius 2 is 1.96 bits per heavy atom. The fraction of sp³-hybridized carbons (Fsp3) is 0.409. The average molecular weight is 382 g/mol. The number of thioether (sulfide) groups is 1. The summed E-state index contributed by atoms with van der Waals surface area (Å²) in [6, 6.07) is 17.4. The third-order valence-electron chi connectivity index (χ3n) is 5.46. The Labute approximate surface area is 166 Å². The second-order valence-corrected chi connectivity index (χ2v) is 8.60. The van der Waals surface area contributed by atoms with Crippen LogP contribution in [-0.2, 0) is 4.79 Å². The van der Waals surface area contributed by atoms with E-state index in [2.05, 4.69) is 72.2 Å². The SMILES string of the molecule is Cc1cccc(N2CCN(C(=O)CN3CCSc4ccccc43)CC2C)c1. The molecule has 2 aromatic carbocycles. The van der Waals surface area contributed by atoms with Crippen molar-refractivity contribution in [2.75, 3.05) is 48.3 Å². The van der Waals surface area contributed by atoms with Gasteiger partial charge in [0.1, 0.15) is 0 Å². The van der Waals surface area contributed by atoms with Crippen LogP contribution in [0.1, 0.15) is 12.5 Å². The summed E-state index contributed by atoms with van der Waals surface area (Å²) in [4.78, 5) is 21.0. The van der Waals surface area contributed by atoms with Crippen molar-refractivity contribution in [2.45, 2.75) is 24.8 Å². The van der Waals surface area contributed by atoms with Crippen LogP contribution in [0.4, 0.5) is 11.4 Å². The van der Waals surface area contributed by atoms with Gasteiger partial charge in [-0.2, -0.15) is 0 Å². The molecule has 0 aliphatic carbocycles. The van der Waals surface area contributed by atoms with E-state index >= 15 is 0 Å². The maximum Gasteiger partial charge on any atom is 0.242 e. The molecule has 0 radical (unpaired) electrons. The van der Waals surface area contributed by atoms with Gasteiger partial charge in [-0.05, 0) is 43.7 Å². The number of rotatable bonds is 3. The van der Waals surface area contributed by atoms with E-state index in [1.165, 1.54) is 21.8 Å². The summed E-state index contributed by atoms with van der Waals surface area (Å²) in [5, 5.41) is 0. The lowest BCUT2D eigenvalue weighted by Crippen LogP contribution is -2.55. The zero-order valence-corrected chi connectivity index (χ0v) is 16.9. The van der Waals surface area contributed by atoms with Gasteiger partial charge in [0.05, 0.1) is 12.2 Å². The summed E-state index contributed by atoms with van der Waals surface area (Å²) < 4.78 is 0. The predicted octanol–water partition coefficient (Wildman–Crippen LogP) is 3.64. The van der Waals surface area contributed by atoms with Gasteiger partial charge in [-0.15, -0.1) is 11.8 Å². The van der Waals surface area contributed by atoms with E-state index in [-0.39, 0.29) is 5.91 Å². The Morgan fingerprint density at radius 1 is 1.11 bits per heavy atom. The standard InChI is InChI=1S/C22H27N3OS/c1-17-6-5-7-19(14-17)25-11-10-24(15-18(25)2)22(26)16-23-12-13-27-21-9-4-3-8-20(21)23/h3-9,14,18H,10-13,15-16H2,1-2H3. The number of hydrogen-bond donors (Lipinski definition) is 0. The van der Waals surface area contributed by atoms with Crippen molar-refractivity contribution in [3.05, 3.63) is 54.1 Å². The number of nitrogens with zero attached hydrogens (tertiary/aromatic N) is 3. The molecule has 5 heteroatoms. The zero-order chi connectivity index (χ0) is 18.8. The summed E-state index contributed by atoms with van der Waals surface area (Å²) in [6.45, 7) is 8.24. The highest BCUT2D eigenvalue weighted by Gasteiger charge is 2.28. The smallest absolute Gasteiger partial charge is 0.242 e. The van der Waals surface area contributed by atoms with Crippen molar-refractivity contribution < 1.29 is 4.79 Å². The van der Waals surface area contributed by atoms with Gasteiger partial charge >= 0.3 is 0 Å². The van der Waals surface area contributed by atoms with Crippen LogP contribution in [0.3, 0.4) is 0 Å². The summed E-state index contributed by atoms with van der Waals surface area (Å²) in [5.74, 6) is 1.29. The van der Waals surface area contributed by atoms with Gasteiger partial charge in [-0.3, -0.25) is 4.79 Å². The number of hydrogen-bond acceptors (Lipinski definition) is 4. The van der Waals surface area contributed by atoms with E-state index in [1.807, 2.05) is 16.7 Å². The monoisotopic (exact) mass is 381 g/mol. The van der Waals surface area contributed by atoms with E-state index in [1.54, 1.807) is 0 Å². The highest BCUT2D eigenvalue weighted by atomic mass is 32.2. The maximum absolute atomic E-state index is 13.0. The highest BCUT2D eigenvalue weighted by molar-refractivity contribution is 7.99. The van der Waals surface area contributed by atoms with Gasteiger partial charge in [0.25, 0.3) is 0 Å². The first kappa shape index (κ1) is 18.2. The van der Waals surface area contributed by atoms with Gasteiger partial charge in [-0.1, -0.05) is 24.3 Å². The average Bonchev–Trinajstić information content (AvgIpc) is 2.68. The molecule has 2 aliphatic rings. The molecule has 0 aromatic heterocycles. The van der Waals surface area contributed by atoms with Crippen LogP contribution in [0.2, 0.25) is 0 Å². The third-order valence-corrected chi connectivity index (χ3v) is 6.51. The number of amides is 1. The van der Waals surface area contributed by atoms with E-state index in [9.17, 15) is 4.79 Å². The maximum atomic E-state index is 13.0. The second kappa shape index (κ2) is 7.85. The van der Waals surface area contributed by atoms with Crippen molar-refractivity contribution in [3.8, 4) is 0 Å². The minimum atomic E-state index is 0.243. The third kappa shape index (κ3) is 3.93. The van der Waals surface area contributed by atoms with Crippen molar-refractivity contribution in [1.29, 1.82) is 0 Å². The molecule has 142 valence electrons. The fourth-order valence-corrected chi connectivity index (χ4v) is 5.08. The molecule has 0 saturated carbocycles. The minimum absolute atomic E-state index is 0.243. The summed E-state index contributed by atoms with van der Waals surface area (Å²) in [6.07, 6.45) is 0. The molecule has 1 unspecified atom stereocenters. The number of benzene rings is 2. The molecule has 4 nitrogen and oxygen atoms in total. The number of carbonyl (C=O) groups excluding carboxylic acids is 1. The van der Waals surface area contributed by atoms with Crippen LogP contribution in [0.25, 0.3) is 0 Å². The number of fused-ring (bicyclic) bond motifs is 1. The Balaban J connectivity index is 1.40. The lowest BCUT2D eigenvalue weighted by molar-refractivity contribution is -0.130. The van der Waals surface area contributed by atoms with Crippen LogP contribution >= 0.6 is 11.8 Å². The summed E-state index contributed by atoms with van der Waals surface area (Å²) in [7, 11) is 0. The first-order valence-corrected chi connectivity index (χ1v) is 10.7. The fourth-order valence-electron chi connectivity index (χ4n) is 4.03. The lowest BCUT2D eigenvalue weighted by Gasteiger charge is -2.42. The van der Waals surface area contributed by atoms with E-state index < -0.39 is 0 Å². The summed E-state index contributed by atoms with van der Waals surface area (Å²) in [5.41, 5.74) is 3.74. The van der Waals surface area contributed by atoms with E-state index in [0.717, 1.165) is 31.9 Å². The molecular formula is C22H27N3OS. The minimum Gasteiger partial charge on any atom is -0.365 e. The molecule has 2 aliphatic heterocycles. The molecule has 1 saturated heterocycles.